The highest BCUT2D eigenvalue weighted by Gasteiger charge is 2.07. The minimum atomic E-state index is 0.797. The Balaban J connectivity index is 2.48. The summed E-state index contributed by atoms with van der Waals surface area (Å²) in [5, 5.41) is 3.48. The van der Waals surface area contributed by atoms with Crippen LogP contribution in [0.5, 0.6) is 11.5 Å². The summed E-state index contributed by atoms with van der Waals surface area (Å²) < 4.78 is 12.1. The fraction of sp³-hybridized carbons (Fsp3) is 0.750. The maximum Gasteiger partial charge on any atom is 0.127 e. The topological polar surface area (TPSA) is 30.5 Å². The van der Waals surface area contributed by atoms with Crippen LogP contribution >= 0.6 is 0 Å². The third kappa shape index (κ3) is 12.0. The quantitative estimate of drug-likeness (QED) is 0.283. The second-order valence-corrected chi connectivity index (χ2v) is 7.47. The van der Waals surface area contributed by atoms with Gasteiger partial charge in [0.15, 0.2) is 0 Å². The van der Waals surface area contributed by atoms with Crippen LogP contribution in [0, 0.1) is 0 Å². The van der Waals surface area contributed by atoms with Crippen molar-refractivity contribution in [3.05, 3.63) is 23.8 Å². The summed E-state index contributed by atoms with van der Waals surface area (Å²) in [7, 11) is 0. The molecule has 156 valence electrons. The molecule has 3 nitrogen and oxygen atoms in total. The van der Waals surface area contributed by atoms with E-state index >= 15 is 0 Å². The second-order valence-electron chi connectivity index (χ2n) is 7.47. The lowest BCUT2D eigenvalue weighted by Gasteiger charge is -2.15. The first kappa shape index (κ1) is 23.8. The van der Waals surface area contributed by atoms with E-state index in [2.05, 4.69) is 44.3 Å². The predicted molar refractivity (Wildman–Crippen MR) is 117 cm³/mol. The van der Waals surface area contributed by atoms with E-state index in [1.807, 2.05) is 0 Å². The molecule has 1 rings (SSSR count). The largest absolute Gasteiger partial charge is 0.493 e. The Morgan fingerprint density at radius 2 is 1.33 bits per heavy atom. The van der Waals surface area contributed by atoms with Crippen LogP contribution in [0.3, 0.4) is 0 Å². The molecule has 0 spiro atoms. The molecule has 1 N–H and O–H groups in total. The molecule has 27 heavy (non-hydrogen) atoms. The van der Waals surface area contributed by atoms with Crippen LogP contribution in [0.2, 0.25) is 0 Å². The molecule has 0 aromatic heterocycles. The number of unbranched alkanes of at least 4 members (excludes halogenated alkanes) is 8. The molecule has 0 unspecified atom stereocenters. The Morgan fingerprint density at radius 1 is 0.704 bits per heavy atom. The van der Waals surface area contributed by atoms with Gasteiger partial charge >= 0.3 is 0 Å². The summed E-state index contributed by atoms with van der Waals surface area (Å²) in [6.07, 6.45) is 13.8. The lowest BCUT2D eigenvalue weighted by molar-refractivity contribution is 0.287. The van der Waals surface area contributed by atoms with Crippen molar-refractivity contribution in [3.63, 3.8) is 0 Å². The second kappa shape index (κ2) is 16.9. The number of rotatable bonds is 18. The third-order valence-electron chi connectivity index (χ3n) is 4.80. The van der Waals surface area contributed by atoms with Crippen LogP contribution < -0.4 is 14.8 Å². The molecule has 0 aliphatic heterocycles. The van der Waals surface area contributed by atoms with Crippen LogP contribution in [-0.4, -0.2) is 19.8 Å². The molecule has 0 amide bonds. The summed E-state index contributed by atoms with van der Waals surface area (Å²) in [4.78, 5) is 0. The van der Waals surface area contributed by atoms with E-state index in [-0.39, 0.29) is 0 Å². The van der Waals surface area contributed by atoms with Gasteiger partial charge in [-0.05, 0) is 31.9 Å². The zero-order valence-corrected chi connectivity index (χ0v) is 18.2. The Hall–Kier alpha value is -1.22. The highest BCUT2D eigenvalue weighted by molar-refractivity contribution is 5.40. The van der Waals surface area contributed by atoms with Gasteiger partial charge in [0.1, 0.15) is 11.5 Å². The van der Waals surface area contributed by atoms with Gasteiger partial charge in [0.05, 0.1) is 13.2 Å². The van der Waals surface area contributed by atoms with Gasteiger partial charge in [-0.1, -0.05) is 78.2 Å². The standard InChI is InChI=1S/C24H43NO2/c1-4-7-9-11-13-18-26-23-16-15-22(21-25-17-6-3)24(20-23)27-19-14-12-10-8-5-2/h15-16,20,25H,4-14,17-19,21H2,1-3H3. The average molecular weight is 378 g/mol. The average Bonchev–Trinajstić information content (AvgIpc) is 2.68. The van der Waals surface area contributed by atoms with Crippen LogP contribution in [-0.2, 0) is 6.54 Å². The minimum Gasteiger partial charge on any atom is -0.493 e. The number of ether oxygens (including phenoxy) is 2. The lowest BCUT2D eigenvalue weighted by Crippen LogP contribution is -2.15. The fourth-order valence-electron chi connectivity index (χ4n) is 3.09. The first-order valence-corrected chi connectivity index (χ1v) is 11.4. The summed E-state index contributed by atoms with van der Waals surface area (Å²) in [6.45, 7) is 10.2. The maximum atomic E-state index is 6.13. The van der Waals surface area contributed by atoms with E-state index < -0.39 is 0 Å². The van der Waals surface area contributed by atoms with E-state index in [4.69, 9.17) is 9.47 Å². The first-order valence-electron chi connectivity index (χ1n) is 11.4. The van der Waals surface area contributed by atoms with Gasteiger partial charge in [-0.25, -0.2) is 0 Å². The van der Waals surface area contributed by atoms with Crippen LogP contribution in [0.4, 0.5) is 0 Å². The monoisotopic (exact) mass is 377 g/mol. The molecule has 1 aromatic carbocycles. The zero-order valence-electron chi connectivity index (χ0n) is 18.2. The molecule has 0 saturated carbocycles. The molecule has 0 atom stereocenters. The molecule has 0 aliphatic carbocycles. The van der Waals surface area contributed by atoms with Crippen molar-refractivity contribution in [1.29, 1.82) is 0 Å². The Morgan fingerprint density at radius 3 is 1.96 bits per heavy atom. The van der Waals surface area contributed by atoms with Crippen molar-refractivity contribution in [2.45, 2.75) is 97.9 Å². The highest BCUT2D eigenvalue weighted by atomic mass is 16.5. The van der Waals surface area contributed by atoms with Crippen LogP contribution in [0.25, 0.3) is 0 Å². The van der Waals surface area contributed by atoms with Gasteiger partial charge in [0.2, 0.25) is 0 Å². The van der Waals surface area contributed by atoms with Crippen molar-refractivity contribution in [2.75, 3.05) is 19.8 Å². The fourth-order valence-corrected chi connectivity index (χ4v) is 3.09. The molecule has 0 radical (unpaired) electrons. The number of nitrogens with one attached hydrogen (secondary N) is 1. The summed E-state index contributed by atoms with van der Waals surface area (Å²) >= 11 is 0. The van der Waals surface area contributed by atoms with Crippen molar-refractivity contribution < 1.29 is 9.47 Å². The molecule has 0 saturated heterocycles. The Kier molecular flexibility index (Phi) is 14.9. The molecular weight excluding hydrogens is 334 g/mol. The number of hydrogen-bond donors (Lipinski definition) is 1. The predicted octanol–water partition coefficient (Wildman–Crippen LogP) is 6.88. The minimum absolute atomic E-state index is 0.797. The number of hydrogen-bond acceptors (Lipinski definition) is 3. The number of benzene rings is 1. The molecule has 0 heterocycles. The smallest absolute Gasteiger partial charge is 0.127 e. The lowest BCUT2D eigenvalue weighted by atomic mass is 10.1. The Labute approximate surface area is 168 Å². The van der Waals surface area contributed by atoms with Gasteiger partial charge < -0.3 is 14.8 Å². The van der Waals surface area contributed by atoms with Crippen molar-refractivity contribution in [3.8, 4) is 11.5 Å². The molecule has 0 aliphatic rings. The van der Waals surface area contributed by atoms with E-state index in [9.17, 15) is 0 Å². The summed E-state index contributed by atoms with van der Waals surface area (Å²) in [5.74, 6) is 1.92. The van der Waals surface area contributed by atoms with Crippen molar-refractivity contribution in [2.24, 2.45) is 0 Å². The molecule has 0 bridgehead atoms. The normalized spacial score (nSPS) is 10.9. The molecule has 0 fully saturated rings. The summed E-state index contributed by atoms with van der Waals surface area (Å²) in [5.41, 5.74) is 1.23. The molecule has 3 heteroatoms. The van der Waals surface area contributed by atoms with Crippen molar-refractivity contribution >= 4 is 0 Å². The van der Waals surface area contributed by atoms with E-state index in [0.29, 0.717) is 0 Å². The maximum absolute atomic E-state index is 6.13. The SMILES string of the molecule is CCCCCCCOc1ccc(CNCCC)c(OCCCCCCC)c1. The van der Waals surface area contributed by atoms with Gasteiger partial charge in [-0.3, -0.25) is 0 Å². The molecular formula is C24H43NO2. The van der Waals surface area contributed by atoms with E-state index in [1.165, 1.54) is 56.9 Å². The molecule has 1 aromatic rings. The highest BCUT2D eigenvalue weighted by Crippen LogP contribution is 2.26. The van der Waals surface area contributed by atoms with Crippen molar-refractivity contribution in [1.82, 2.24) is 5.32 Å². The van der Waals surface area contributed by atoms with Crippen LogP contribution in [0.15, 0.2) is 18.2 Å². The Bertz CT molecular complexity index is 462. The third-order valence-corrected chi connectivity index (χ3v) is 4.80. The van der Waals surface area contributed by atoms with E-state index in [0.717, 1.165) is 57.1 Å². The summed E-state index contributed by atoms with van der Waals surface area (Å²) in [6, 6.07) is 6.33. The first-order chi connectivity index (χ1) is 13.3. The van der Waals surface area contributed by atoms with Crippen LogP contribution in [0.1, 0.15) is 97.0 Å². The van der Waals surface area contributed by atoms with Gasteiger partial charge in [-0.15, -0.1) is 0 Å². The van der Waals surface area contributed by atoms with Gasteiger partial charge in [0, 0.05) is 18.2 Å². The van der Waals surface area contributed by atoms with E-state index in [1.54, 1.807) is 0 Å². The van der Waals surface area contributed by atoms with Gasteiger partial charge in [0.25, 0.3) is 0 Å². The van der Waals surface area contributed by atoms with Gasteiger partial charge in [-0.2, -0.15) is 0 Å². The zero-order chi connectivity index (χ0) is 19.6.